The van der Waals surface area contributed by atoms with E-state index in [9.17, 15) is 4.79 Å². The zero-order valence-electron chi connectivity index (χ0n) is 17.6. The Morgan fingerprint density at radius 2 is 1.91 bits per heavy atom. The SMILES string of the molecule is Cl.O=C(O)C1CN(Cc2ccc(-c3noc(-c4ccc5[nH]ccc5c4)n3)c3ccccc23)C1. The van der Waals surface area contributed by atoms with Crippen LogP contribution < -0.4 is 0 Å². The van der Waals surface area contributed by atoms with E-state index in [1.807, 2.05) is 48.7 Å². The summed E-state index contributed by atoms with van der Waals surface area (Å²) in [4.78, 5) is 21.1. The Hall–Kier alpha value is -3.68. The van der Waals surface area contributed by atoms with Gasteiger partial charge in [-0.25, -0.2) is 0 Å². The van der Waals surface area contributed by atoms with Crippen molar-refractivity contribution < 1.29 is 14.4 Å². The van der Waals surface area contributed by atoms with E-state index in [0.717, 1.165) is 44.9 Å². The van der Waals surface area contributed by atoms with E-state index in [4.69, 9.17) is 9.63 Å². The second-order valence-electron chi connectivity index (χ2n) is 8.25. The van der Waals surface area contributed by atoms with Crippen LogP contribution in [0.25, 0.3) is 44.5 Å². The molecule has 0 radical (unpaired) electrons. The molecule has 6 rings (SSSR count). The number of hydrogen-bond acceptors (Lipinski definition) is 5. The molecule has 0 spiro atoms. The van der Waals surface area contributed by atoms with Crippen molar-refractivity contribution in [1.29, 1.82) is 0 Å². The summed E-state index contributed by atoms with van der Waals surface area (Å²) < 4.78 is 5.60. The van der Waals surface area contributed by atoms with Crippen molar-refractivity contribution >= 4 is 40.1 Å². The highest BCUT2D eigenvalue weighted by Gasteiger charge is 2.32. The van der Waals surface area contributed by atoms with Gasteiger partial charge in [0.2, 0.25) is 5.82 Å². The molecule has 166 valence electrons. The van der Waals surface area contributed by atoms with Crippen molar-refractivity contribution in [2.24, 2.45) is 5.92 Å². The van der Waals surface area contributed by atoms with Gasteiger partial charge in [0.25, 0.3) is 5.89 Å². The summed E-state index contributed by atoms with van der Waals surface area (Å²) in [5.41, 5.74) is 4.01. The summed E-state index contributed by atoms with van der Waals surface area (Å²) in [5, 5.41) is 16.6. The van der Waals surface area contributed by atoms with Crippen molar-refractivity contribution in [3.05, 3.63) is 72.4 Å². The number of benzene rings is 3. The first-order chi connectivity index (χ1) is 15.7. The van der Waals surface area contributed by atoms with Crippen LogP contribution in [-0.2, 0) is 11.3 Å². The van der Waals surface area contributed by atoms with Crippen molar-refractivity contribution in [3.8, 4) is 22.8 Å². The first kappa shape index (κ1) is 21.2. The number of H-pyrrole nitrogens is 1. The van der Waals surface area contributed by atoms with Crippen LogP contribution >= 0.6 is 12.4 Å². The highest BCUT2D eigenvalue weighted by atomic mass is 35.5. The van der Waals surface area contributed by atoms with Gasteiger partial charge in [0.15, 0.2) is 0 Å². The predicted octanol–water partition coefficient (Wildman–Crippen LogP) is 4.98. The molecule has 0 bridgehead atoms. The van der Waals surface area contributed by atoms with Crippen LogP contribution in [0.4, 0.5) is 0 Å². The smallest absolute Gasteiger partial charge is 0.309 e. The molecule has 1 aliphatic heterocycles. The fourth-order valence-electron chi connectivity index (χ4n) is 4.43. The number of aromatic nitrogens is 3. The number of carboxylic acids is 1. The van der Waals surface area contributed by atoms with Crippen molar-refractivity contribution in [1.82, 2.24) is 20.0 Å². The van der Waals surface area contributed by atoms with Gasteiger partial charge in [-0.05, 0) is 40.6 Å². The number of carbonyl (C=O) groups is 1. The molecule has 1 aliphatic rings. The highest BCUT2D eigenvalue weighted by molar-refractivity contribution is 5.97. The molecule has 7 nitrogen and oxygen atoms in total. The first-order valence-corrected chi connectivity index (χ1v) is 10.5. The van der Waals surface area contributed by atoms with E-state index < -0.39 is 5.97 Å². The van der Waals surface area contributed by atoms with Crippen LogP contribution in [0.1, 0.15) is 5.56 Å². The normalized spacial score (nSPS) is 14.3. The summed E-state index contributed by atoms with van der Waals surface area (Å²) in [6, 6.07) is 20.3. The average Bonchev–Trinajstić information content (AvgIpc) is 3.44. The van der Waals surface area contributed by atoms with Crippen LogP contribution in [0, 0.1) is 5.92 Å². The van der Waals surface area contributed by atoms with Gasteiger partial charge in [-0.15, -0.1) is 12.4 Å². The molecule has 3 aromatic carbocycles. The van der Waals surface area contributed by atoms with Gasteiger partial charge in [-0.1, -0.05) is 41.6 Å². The van der Waals surface area contributed by atoms with E-state index >= 15 is 0 Å². The largest absolute Gasteiger partial charge is 0.481 e. The Morgan fingerprint density at radius 1 is 1.09 bits per heavy atom. The molecule has 8 heteroatoms. The fraction of sp³-hybridized carbons (Fsp3) is 0.160. The Morgan fingerprint density at radius 3 is 2.73 bits per heavy atom. The number of aromatic amines is 1. The molecule has 0 atom stereocenters. The minimum Gasteiger partial charge on any atom is -0.481 e. The van der Waals surface area contributed by atoms with Crippen LogP contribution in [0.5, 0.6) is 0 Å². The van der Waals surface area contributed by atoms with E-state index in [2.05, 4.69) is 38.2 Å². The van der Waals surface area contributed by atoms with Gasteiger partial charge >= 0.3 is 5.97 Å². The molecular weight excluding hydrogens is 440 g/mol. The van der Waals surface area contributed by atoms with E-state index in [-0.39, 0.29) is 18.3 Å². The molecule has 2 aromatic heterocycles. The number of nitrogens with one attached hydrogen (secondary N) is 1. The molecule has 1 fully saturated rings. The topological polar surface area (TPSA) is 95.2 Å². The molecule has 0 unspecified atom stereocenters. The van der Waals surface area contributed by atoms with E-state index in [1.165, 1.54) is 0 Å². The number of likely N-dealkylation sites (tertiary alicyclic amines) is 1. The third-order valence-electron chi connectivity index (χ3n) is 6.18. The maximum Gasteiger partial charge on any atom is 0.309 e. The second-order valence-corrected chi connectivity index (χ2v) is 8.25. The number of nitrogens with zero attached hydrogens (tertiary/aromatic N) is 3. The van der Waals surface area contributed by atoms with Crippen LogP contribution in [-0.4, -0.2) is 44.2 Å². The molecule has 2 N–H and O–H groups in total. The van der Waals surface area contributed by atoms with Gasteiger partial charge in [-0.3, -0.25) is 9.69 Å². The summed E-state index contributed by atoms with van der Waals surface area (Å²) >= 11 is 0. The third-order valence-corrected chi connectivity index (χ3v) is 6.18. The average molecular weight is 461 g/mol. The Bertz CT molecular complexity index is 1470. The molecule has 3 heterocycles. The lowest BCUT2D eigenvalue weighted by molar-refractivity contribution is -0.147. The third kappa shape index (κ3) is 3.75. The monoisotopic (exact) mass is 460 g/mol. The summed E-state index contributed by atoms with van der Waals surface area (Å²) in [6.45, 7) is 1.90. The summed E-state index contributed by atoms with van der Waals surface area (Å²) in [7, 11) is 0. The molecule has 33 heavy (non-hydrogen) atoms. The van der Waals surface area contributed by atoms with Gasteiger partial charge in [0, 0.05) is 47.9 Å². The number of hydrogen-bond donors (Lipinski definition) is 2. The molecule has 0 aliphatic carbocycles. The fourth-order valence-corrected chi connectivity index (χ4v) is 4.43. The van der Waals surface area contributed by atoms with Crippen LogP contribution in [0.2, 0.25) is 0 Å². The van der Waals surface area contributed by atoms with Crippen molar-refractivity contribution in [2.75, 3.05) is 13.1 Å². The molecule has 0 amide bonds. The summed E-state index contributed by atoms with van der Waals surface area (Å²) in [6.07, 6.45) is 1.91. The first-order valence-electron chi connectivity index (χ1n) is 10.5. The van der Waals surface area contributed by atoms with Gasteiger partial charge in [0.1, 0.15) is 0 Å². The predicted molar refractivity (Wildman–Crippen MR) is 128 cm³/mol. The molecule has 5 aromatic rings. The van der Waals surface area contributed by atoms with Crippen LogP contribution in [0.3, 0.4) is 0 Å². The lowest BCUT2D eigenvalue weighted by Crippen LogP contribution is -2.49. The quantitative estimate of drug-likeness (QED) is 0.384. The maximum atomic E-state index is 11.1. The highest BCUT2D eigenvalue weighted by Crippen LogP contribution is 2.32. The number of halogens is 1. The second kappa shape index (κ2) is 8.35. The van der Waals surface area contributed by atoms with Gasteiger partial charge in [0.05, 0.1) is 5.92 Å². The molecule has 1 saturated heterocycles. The number of carboxylic acid groups (broad SMARTS) is 1. The lowest BCUT2D eigenvalue weighted by atomic mass is 9.95. The zero-order chi connectivity index (χ0) is 21.7. The lowest BCUT2D eigenvalue weighted by Gasteiger charge is -2.36. The van der Waals surface area contributed by atoms with Gasteiger partial charge in [-0.2, -0.15) is 4.98 Å². The van der Waals surface area contributed by atoms with Crippen LogP contribution in [0.15, 0.2) is 71.4 Å². The number of aliphatic carboxylic acids is 1. The van der Waals surface area contributed by atoms with Crippen molar-refractivity contribution in [2.45, 2.75) is 6.54 Å². The molecule has 0 saturated carbocycles. The minimum absolute atomic E-state index is 0. The zero-order valence-corrected chi connectivity index (χ0v) is 18.4. The minimum atomic E-state index is -0.718. The number of fused-ring (bicyclic) bond motifs is 2. The van der Waals surface area contributed by atoms with E-state index in [1.54, 1.807) is 0 Å². The Kier molecular flexibility index (Phi) is 5.36. The Balaban J connectivity index is 0.00000228. The number of rotatable bonds is 5. The van der Waals surface area contributed by atoms with Gasteiger partial charge < -0.3 is 14.6 Å². The summed E-state index contributed by atoms with van der Waals surface area (Å²) in [5.74, 6) is 0.0529. The molecular formula is C25H21ClN4O3. The van der Waals surface area contributed by atoms with E-state index in [0.29, 0.717) is 24.8 Å². The Labute approximate surface area is 195 Å². The maximum absolute atomic E-state index is 11.1. The standard InChI is InChI=1S/C25H20N4O3.ClH/c30-25(31)18-13-29(14-18)12-17-5-7-21(20-4-2-1-3-19(17)20)23-27-24(32-28-23)16-6-8-22-15(11-16)9-10-26-22;/h1-11,18,26H,12-14H2,(H,30,31);1H. The van der Waals surface area contributed by atoms with Crippen molar-refractivity contribution in [3.63, 3.8) is 0 Å².